The van der Waals surface area contributed by atoms with Crippen LogP contribution in [0.25, 0.3) is 21.8 Å². The van der Waals surface area contributed by atoms with E-state index in [-0.39, 0.29) is 5.82 Å². The molecular weight excluding hydrogens is 341 g/mol. The van der Waals surface area contributed by atoms with Crippen molar-refractivity contribution in [3.05, 3.63) is 52.2 Å². The van der Waals surface area contributed by atoms with Gasteiger partial charge in [-0.25, -0.2) is 14.4 Å². The van der Waals surface area contributed by atoms with Gasteiger partial charge in [-0.3, -0.25) is 0 Å². The second-order valence-corrected chi connectivity index (χ2v) is 5.87. The molecule has 20 heavy (non-hydrogen) atoms. The molecule has 0 bridgehead atoms. The van der Waals surface area contributed by atoms with E-state index in [1.54, 1.807) is 24.4 Å². The van der Waals surface area contributed by atoms with E-state index < -0.39 is 0 Å². The number of thiazole rings is 1. The topological polar surface area (TPSA) is 51.8 Å². The molecule has 3 aromatic rings. The van der Waals surface area contributed by atoms with Gasteiger partial charge >= 0.3 is 0 Å². The molecule has 100 valence electrons. The van der Waals surface area contributed by atoms with Crippen molar-refractivity contribution in [2.75, 3.05) is 5.73 Å². The molecule has 0 amide bonds. The Morgan fingerprint density at radius 1 is 1.20 bits per heavy atom. The highest BCUT2D eigenvalue weighted by Crippen LogP contribution is 2.33. The van der Waals surface area contributed by atoms with Crippen molar-refractivity contribution in [3.63, 3.8) is 0 Å². The lowest BCUT2D eigenvalue weighted by Gasteiger charge is -2.01. The number of anilines is 1. The average Bonchev–Trinajstić information content (AvgIpc) is 2.91. The summed E-state index contributed by atoms with van der Waals surface area (Å²) < 4.78 is 14.7. The summed E-state index contributed by atoms with van der Waals surface area (Å²) in [6.07, 6.45) is 1.63. The number of hydrogen-bond acceptors (Lipinski definition) is 4. The first-order chi connectivity index (χ1) is 9.65. The molecule has 0 saturated heterocycles. The normalized spacial score (nSPS) is 10.7. The minimum Gasteiger partial charge on any atom is -0.383 e. The number of aromatic nitrogens is 2. The van der Waals surface area contributed by atoms with Crippen LogP contribution in [-0.4, -0.2) is 9.97 Å². The lowest BCUT2D eigenvalue weighted by molar-refractivity contribution is 0.630. The highest BCUT2D eigenvalue weighted by atomic mass is 79.9. The van der Waals surface area contributed by atoms with Crippen LogP contribution in [0.4, 0.5) is 10.2 Å². The molecule has 0 fully saturated rings. The number of nitrogen functional groups attached to an aromatic ring is 1. The Balaban J connectivity index is 2.07. The first kappa shape index (κ1) is 13.2. The Hall–Kier alpha value is -1.79. The molecule has 2 aromatic heterocycles. The largest absolute Gasteiger partial charge is 0.383 e. The van der Waals surface area contributed by atoms with Crippen LogP contribution in [0.5, 0.6) is 0 Å². The van der Waals surface area contributed by atoms with E-state index in [9.17, 15) is 4.39 Å². The number of nitrogens with two attached hydrogens (primary N) is 1. The number of halogens is 2. The van der Waals surface area contributed by atoms with Gasteiger partial charge in [0, 0.05) is 21.6 Å². The summed E-state index contributed by atoms with van der Waals surface area (Å²) >= 11 is 4.75. The predicted octanol–water partition coefficient (Wildman–Crippen LogP) is 4.36. The van der Waals surface area contributed by atoms with Gasteiger partial charge in [0.05, 0.1) is 11.3 Å². The fourth-order valence-corrected chi connectivity index (χ4v) is 3.03. The van der Waals surface area contributed by atoms with Crippen molar-refractivity contribution in [2.45, 2.75) is 0 Å². The summed E-state index contributed by atoms with van der Waals surface area (Å²) in [6, 6.07) is 8.43. The summed E-state index contributed by atoms with van der Waals surface area (Å²) in [5.41, 5.74) is 7.64. The Bertz CT molecular complexity index is 773. The van der Waals surface area contributed by atoms with Crippen LogP contribution in [0, 0.1) is 5.82 Å². The van der Waals surface area contributed by atoms with Crippen LogP contribution >= 0.6 is 27.3 Å². The Kier molecular flexibility index (Phi) is 3.50. The zero-order valence-corrected chi connectivity index (χ0v) is 12.6. The maximum absolute atomic E-state index is 13.9. The summed E-state index contributed by atoms with van der Waals surface area (Å²) in [5.74, 6) is 0.118. The molecule has 0 aliphatic carbocycles. The van der Waals surface area contributed by atoms with Gasteiger partial charge in [-0.05, 0) is 30.3 Å². The Labute approximate surface area is 127 Å². The number of pyridine rings is 1. The molecule has 0 radical (unpaired) electrons. The van der Waals surface area contributed by atoms with E-state index in [1.165, 1.54) is 17.4 Å². The molecule has 3 rings (SSSR count). The van der Waals surface area contributed by atoms with E-state index in [2.05, 4.69) is 25.9 Å². The molecule has 0 saturated carbocycles. The second-order valence-electron chi connectivity index (χ2n) is 4.10. The molecule has 2 heterocycles. The molecule has 0 atom stereocenters. The van der Waals surface area contributed by atoms with Gasteiger partial charge in [0.25, 0.3) is 0 Å². The van der Waals surface area contributed by atoms with Gasteiger partial charge in [0.1, 0.15) is 16.6 Å². The number of hydrogen-bond donors (Lipinski definition) is 1. The summed E-state index contributed by atoms with van der Waals surface area (Å²) in [5, 5.41) is 2.54. The number of benzene rings is 1. The molecule has 0 aliphatic rings. The van der Waals surface area contributed by atoms with Gasteiger partial charge in [-0.1, -0.05) is 15.9 Å². The Morgan fingerprint density at radius 3 is 2.85 bits per heavy atom. The number of rotatable bonds is 2. The zero-order valence-electron chi connectivity index (χ0n) is 10.2. The Morgan fingerprint density at radius 2 is 2.05 bits per heavy atom. The molecule has 6 heteroatoms. The highest BCUT2D eigenvalue weighted by Gasteiger charge is 2.12. The van der Waals surface area contributed by atoms with Crippen molar-refractivity contribution in [1.29, 1.82) is 0 Å². The van der Waals surface area contributed by atoms with E-state index in [0.717, 1.165) is 15.0 Å². The minimum atomic E-state index is -0.302. The number of nitrogens with zero attached hydrogens (tertiary/aromatic N) is 2. The molecule has 1 aromatic carbocycles. The summed E-state index contributed by atoms with van der Waals surface area (Å²) in [6.45, 7) is 0. The third-order valence-electron chi connectivity index (χ3n) is 2.78. The van der Waals surface area contributed by atoms with E-state index in [4.69, 9.17) is 5.73 Å². The van der Waals surface area contributed by atoms with Gasteiger partial charge in [-0.2, -0.15) is 0 Å². The van der Waals surface area contributed by atoms with Crippen LogP contribution in [0.2, 0.25) is 0 Å². The van der Waals surface area contributed by atoms with E-state index in [0.29, 0.717) is 17.1 Å². The van der Waals surface area contributed by atoms with Gasteiger partial charge < -0.3 is 5.73 Å². The lowest BCUT2D eigenvalue weighted by Crippen LogP contribution is -1.92. The van der Waals surface area contributed by atoms with Crippen molar-refractivity contribution in [2.24, 2.45) is 0 Å². The van der Waals surface area contributed by atoms with Crippen LogP contribution in [0.3, 0.4) is 0 Å². The molecule has 0 spiro atoms. The maximum Gasteiger partial charge on any atom is 0.133 e. The fourth-order valence-electron chi connectivity index (χ4n) is 1.81. The zero-order chi connectivity index (χ0) is 14.1. The molecule has 0 aliphatic heterocycles. The van der Waals surface area contributed by atoms with Gasteiger partial charge in [-0.15, -0.1) is 11.3 Å². The van der Waals surface area contributed by atoms with Crippen molar-refractivity contribution in [3.8, 4) is 21.8 Å². The van der Waals surface area contributed by atoms with Crippen LogP contribution in [-0.2, 0) is 0 Å². The van der Waals surface area contributed by atoms with Crippen molar-refractivity contribution in [1.82, 2.24) is 9.97 Å². The first-order valence-corrected chi connectivity index (χ1v) is 7.44. The lowest BCUT2D eigenvalue weighted by atomic mass is 10.1. The minimum absolute atomic E-state index is 0.302. The first-order valence-electron chi connectivity index (χ1n) is 5.77. The highest BCUT2D eigenvalue weighted by molar-refractivity contribution is 9.10. The maximum atomic E-state index is 13.9. The van der Waals surface area contributed by atoms with Crippen LogP contribution in [0.15, 0.2) is 46.4 Å². The standard InChI is InChI=1S/C14H9BrFN3S/c15-8-3-4-11(16)10(6-8)12-7-20-14(19-12)9-2-1-5-18-13(9)17/h1-7H,(H2,17,18). The summed E-state index contributed by atoms with van der Waals surface area (Å²) in [4.78, 5) is 8.48. The van der Waals surface area contributed by atoms with Gasteiger partial charge in [0.2, 0.25) is 0 Å². The molecule has 2 N–H and O–H groups in total. The quantitative estimate of drug-likeness (QED) is 0.747. The third-order valence-corrected chi connectivity index (χ3v) is 4.15. The third kappa shape index (κ3) is 2.44. The molecule has 0 unspecified atom stereocenters. The average molecular weight is 350 g/mol. The molecule has 3 nitrogen and oxygen atoms in total. The summed E-state index contributed by atoms with van der Waals surface area (Å²) in [7, 11) is 0. The molecular formula is C14H9BrFN3S. The SMILES string of the molecule is Nc1ncccc1-c1nc(-c2cc(Br)ccc2F)cs1. The van der Waals surface area contributed by atoms with Crippen molar-refractivity contribution < 1.29 is 4.39 Å². The predicted molar refractivity (Wildman–Crippen MR) is 82.9 cm³/mol. The smallest absolute Gasteiger partial charge is 0.133 e. The van der Waals surface area contributed by atoms with Gasteiger partial charge in [0.15, 0.2) is 0 Å². The van der Waals surface area contributed by atoms with Crippen molar-refractivity contribution >= 4 is 33.1 Å². The van der Waals surface area contributed by atoms with E-state index >= 15 is 0 Å². The monoisotopic (exact) mass is 349 g/mol. The second kappa shape index (κ2) is 5.30. The van der Waals surface area contributed by atoms with E-state index in [1.807, 2.05) is 11.4 Å². The van der Waals surface area contributed by atoms with Crippen LogP contribution < -0.4 is 5.73 Å². The van der Waals surface area contributed by atoms with Crippen LogP contribution in [0.1, 0.15) is 0 Å². The fraction of sp³-hybridized carbons (Fsp3) is 0.